The van der Waals surface area contributed by atoms with Crippen LogP contribution in [-0.4, -0.2) is 40.8 Å². The molecular formula is C15H26N2O2. The van der Waals surface area contributed by atoms with Crippen molar-refractivity contribution >= 4 is 6.03 Å². The summed E-state index contributed by atoms with van der Waals surface area (Å²) >= 11 is 0. The van der Waals surface area contributed by atoms with Crippen LogP contribution in [0.25, 0.3) is 0 Å². The summed E-state index contributed by atoms with van der Waals surface area (Å²) < 4.78 is 0. The van der Waals surface area contributed by atoms with Crippen LogP contribution < -0.4 is 5.32 Å². The van der Waals surface area contributed by atoms with Gasteiger partial charge in [0.15, 0.2) is 0 Å². The Bertz CT molecular complexity index is 320. The Kier molecular flexibility index (Phi) is 3.96. The molecular weight excluding hydrogens is 240 g/mol. The molecule has 0 radical (unpaired) electrons. The van der Waals surface area contributed by atoms with Crippen LogP contribution in [0.3, 0.4) is 0 Å². The number of aliphatic hydroxyl groups excluding tert-OH is 1. The molecule has 1 aliphatic heterocycles. The van der Waals surface area contributed by atoms with Crippen LogP contribution in [0.15, 0.2) is 0 Å². The fourth-order valence-electron chi connectivity index (χ4n) is 4.07. The number of nitrogens with one attached hydrogen (secondary N) is 1. The third-order valence-electron chi connectivity index (χ3n) is 5.29. The van der Waals surface area contributed by atoms with Crippen molar-refractivity contribution in [2.24, 2.45) is 5.92 Å². The van der Waals surface area contributed by atoms with Crippen LogP contribution in [0.5, 0.6) is 0 Å². The Morgan fingerprint density at radius 3 is 2.37 bits per heavy atom. The molecule has 2 amide bonds. The molecule has 3 rings (SSSR count). The van der Waals surface area contributed by atoms with Crippen LogP contribution in [0.1, 0.15) is 57.8 Å². The molecule has 1 saturated heterocycles. The van der Waals surface area contributed by atoms with Crippen LogP contribution in [0.2, 0.25) is 0 Å². The van der Waals surface area contributed by atoms with E-state index in [1.807, 2.05) is 4.90 Å². The van der Waals surface area contributed by atoms with Crippen LogP contribution in [-0.2, 0) is 0 Å². The Balaban J connectivity index is 1.57. The summed E-state index contributed by atoms with van der Waals surface area (Å²) in [4.78, 5) is 14.2. The number of carbonyl (C=O) groups is 1. The smallest absolute Gasteiger partial charge is 0.318 e. The van der Waals surface area contributed by atoms with E-state index in [0.717, 1.165) is 32.2 Å². The predicted octanol–water partition coefficient (Wildman–Crippen LogP) is 2.26. The van der Waals surface area contributed by atoms with Crippen LogP contribution >= 0.6 is 0 Å². The summed E-state index contributed by atoms with van der Waals surface area (Å²) in [6.07, 6.45) is 10.1. The van der Waals surface area contributed by atoms with E-state index in [-0.39, 0.29) is 12.1 Å². The summed E-state index contributed by atoms with van der Waals surface area (Å²) in [6.45, 7) is 0.893. The van der Waals surface area contributed by atoms with Gasteiger partial charge in [0.05, 0.1) is 12.1 Å². The lowest BCUT2D eigenvalue weighted by Crippen LogP contribution is -2.41. The predicted molar refractivity (Wildman–Crippen MR) is 73.9 cm³/mol. The summed E-state index contributed by atoms with van der Waals surface area (Å²) in [5.74, 6) is 0.692. The van der Waals surface area contributed by atoms with Crippen molar-refractivity contribution in [1.29, 1.82) is 0 Å². The summed E-state index contributed by atoms with van der Waals surface area (Å²) in [7, 11) is 0. The fraction of sp³-hybridized carbons (Fsp3) is 0.933. The van der Waals surface area contributed by atoms with Gasteiger partial charge in [-0.25, -0.2) is 4.79 Å². The molecule has 4 nitrogen and oxygen atoms in total. The van der Waals surface area contributed by atoms with Gasteiger partial charge in [-0.3, -0.25) is 0 Å². The summed E-state index contributed by atoms with van der Waals surface area (Å²) in [6, 6.07) is 0.869. The molecule has 2 saturated carbocycles. The van der Waals surface area contributed by atoms with E-state index in [4.69, 9.17) is 0 Å². The SMILES string of the molecule is O=C1NC(C2CCCCC2)CN1C1CCC(O)CC1. The minimum atomic E-state index is -0.143. The summed E-state index contributed by atoms with van der Waals surface area (Å²) in [5.41, 5.74) is 0. The topological polar surface area (TPSA) is 52.6 Å². The monoisotopic (exact) mass is 266 g/mol. The lowest BCUT2D eigenvalue weighted by atomic mass is 9.84. The van der Waals surface area contributed by atoms with E-state index >= 15 is 0 Å². The largest absolute Gasteiger partial charge is 0.393 e. The van der Waals surface area contributed by atoms with Crippen molar-refractivity contribution in [2.75, 3.05) is 6.54 Å². The molecule has 0 aromatic carbocycles. The first-order valence-corrected chi connectivity index (χ1v) is 7.99. The van der Waals surface area contributed by atoms with Crippen molar-refractivity contribution in [1.82, 2.24) is 10.2 Å². The third-order valence-corrected chi connectivity index (χ3v) is 5.29. The minimum Gasteiger partial charge on any atom is -0.393 e. The Morgan fingerprint density at radius 2 is 1.68 bits per heavy atom. The average molecular weight is 266 g/mol. The van der Waals surface area contributed by atoms with Crippen LogP contribution in [0, 0.1) is 5.92 Å². The number of carbonyl (C=O) groups excluding carboxylic acids is 1. The molecule has 0 aromatic rings. The molecule has 2 aliphatic carbocycles. The third kappa shape index (κ3) is 2.88. The van der Waals surface area contributed by atoms with Gasteiger partial charge in [-0.15, -0.1) is 0 Å². The van der Waals surface area contributed by atoms with Gasteiger partial charge in [0.1, 0.15) is 0 Å². The fourth-order valence-corrected chi connectivity index (χ4v) is 4.07. The number of amides is 2. The van der Waals surface area contributed by atoms with Gasteiger partial charge >= 0.3 is 6.03 Å². The van der Waals surface area contributed by atoms with E-state index in [1.54, 1.807) is 0 Å². The van der Waals surface area contributed by atoms with E-state index in [0.29, 0.717) is 18.0 Å². The number of hydrogen-bond acceptors (Lipinski definition) is 2. The van der Waals surface area contributed by atoms with E-state index < -0.39 is 0 Å². The van der Waals surface area contributed by atoms with Gasteiger partial charge in [-0.05, 0) is 44.4 Å². The zero-order valence-corrected chi connectivity index (χ0v) is 11.7. The molecule has 0 aromatic heterocycles. The highest BCUT2D eigenvalue weighted by Gasteiger charge is 2.38. The standard InChI is InChI=1S/C15H26N2O2/c18-13-8-6-12(7-9-13)17-10-14(16-15(17)19)11-4-2-1-3-5-11/h11-14,18H,1-10H2,(H,16,19). The molecule has 4 heteroatoms. The normalized spacial score (nSPS) is 37.4. The summed E-state index contributed by atoms with van der Waals surface area (Å²) in [5, 5.41) is 12.8. The average Bonchev–Trinajstić information content (AvgIpc) is 2.83. The number of hydrogen-bond donors (Lipinski definition) is 2. The lowest BCUT2D eigenvalue weighted by Gasteiger charge is -2.33. The zero-order chi connectivity index (χ0) is 13.2. The first-order valence-electron chi connectivity index (χ1n) is 7.99. The lowest BCUT2D eigenvalue weighted by molar-refractivity contribution is 0.0896. The molecule has 1 heterocycles. The highest BCUT2D eigenvalue weighted by Crippen LogP contribution is 2.31. The highest BCUT2D eigenvalue weighted by atomic mass is 16.3. The maximum Gasteiger partial charge on any atom is 0.318 e. The van der Waals surface area contributed by atoms with Gasteiger partial charge in [0.2, 0.25) is 0 Å². The van der Waals surface area contributed by atoms with Gasteiger partial charge in [0.25, 0.3) is 0 Å². The number of nitrogens with zero attached hydrogens (tertiary/aromatic N) is 1. The van der Waals surface area contributed by atoms with E-state index in [9.17, 15) is 9.90 Å². The molecule has 0 bridgehead atoms. The zero-order valence-electron chi connectivity index (χ0n) is 11.7. The van der Waals surface area contributed by atoms with E-state index in [1.165, 1.54) is 32.1 Å². The van der Waals surface area contributed by atoms with Crippen molar-refractivity contribution in [2.45, 2.75) is 76.0 Å². The van der Waals surface area contributed by atoms with Crippen molar-refractivity contribution in [3.63, 3.8) is 0 Å². The second-order valence-electron chi connectivity index (χ2n) is 6.57. The van der Waals surface area contributed by atoms with Gasteiger partial charge < -0.3 is 15.3 Å². The van der Waals surface area contributed by atoms with Gasteiger partial charge in [-0.2, -0.15) is 0 Å². The second kappa shape index (κ2) is 5.70. The minimum absolute atomic E-state index is 0.136. The highest BCUT2D eigenvalue weighted by molar-refractivity contribution is 5.77. The van der Waals surface area contributed by atoms with E-state index in [2.05, 4.69) is 5.32 Å². The van der Waals surface area contributed by atoms with Crippen molar-refractivity contribution in [3.8, 4) is 0 Å². The number of rotatable bonds is 2. The first kappa shape index (κ1) is 13.2. The molecule has 1 atom stereocenters. The molecule has 108 valence electrons. The first-order chi connectivity index (χ1) is 9.24. The Labute approximate surface area is 115 Å². The Morgan fingerprint density at radius 1 is 1.00 bits per heavy atom. The molecule has 3 fully saturated rings. The maximum atomic E-state index is 12.2. The maximum absolute atomic E-state index is 12.2. The molecule has 0 spiro atoms. The molecule has 19 heavy (non-hydrogen) atoms. The van der Waals surface area contributed by atoms with Gasteiger partial charge in [-0.1, -0.05) is 19.3 Å². The second-order valence-corrected chi connectivity index (χ2v) is 6.57. The number of urea groups is 1. The van der Waals surface area contributed by atoms with Gasteiger partial charge in [0, 0.05) is 12.6 Å². The molecule has 1 unspecified atom stereocenters. The molecule has 3 aliphatic rings. The van der Waals surface area contributed by atoms with Crippen molar-refractivity contribution in [3.05, 3.63) is 0 Å². The number of aliphatic hydroxyl groups is 1. The quantitative estimate of drug-likeness (QED) is 0.805. The van der Waals surface area contributed by atoms with Crippen LogP contribution in [0.4, 0.5) is 4.79 Å². The molecule has 2 N–H and O–H groups in total. The Hall–Kier alpha value is -0.770. The van der Waals surface area contributed by atoms with Crippen molar-refractivity contribution < 1.29 is 9.90 Å².